The Morgan fingerprint density at radius 2 is 1.25 bits per heavy atom. The normalized spacial score (nSPS) is 12.7. The quantitative estimate of drug-likeness (QED) is 0.747. The first-order valence-electron chi connectivity index (χ1n) is 6.03. The Morgan fingerprint density at radius 3 is 1.45 bits per heavy atom. The third-order valence-corrected chi connectivity index (χ3v) is 2.33. The minimum Gasteiger partial charge on any atom is -0.508 e. The van der Waals surface area contributed by atoms with Crippen LogP contribution in [0.25, 0.3) is 0 Å². The second-order valence-electron chi connectivity index (χ2n) is 3.79. The SMILES string of the molecule is O=C=O.O=C=O.OC1CCCCC1.Oc1ccccc1. The van der Waals surface area contributed by atoms with Crippen LogP contribution < -0.4 is 0 Å². The van der Waals surface area contributed by atoms with Crippen molar-refractivity contribution in [1.82, 2.24) is 0 Å². The van der Waals surface area contributed by atoms with Crippen LogP contribution in [0.15, 0.2) is 30.3 Å². The molecule has 2 N–H and O–H groups in total. The van der Waals surface area contributed by atoms with Crippen molar-refractivity contribution in [2.45, 2.75) is 38.2 Å². The van der Waals surface area contributed by atoms with E-state index in [2.05, 4.69) is 0 Å². The van der Waals surface area contributed by atoms with Crippen molar-refractivity contribution in [2.24, 2.45) is 0 Å². The number of phenolic OH excluding ortho intramolecular Hbond substituents is 1. The van der Waals surface area contributed by atoms with Crippen molar-refractivity contribution >= 4 is 12.3 Å². The molecule has 1 fully saturated rings. The molecule has 0 bridgehead atoms. The molecule has 0 aliphatic heterocycles. The first kappa shape index (κ1) is 20.1. The number of hydrogen-bond acceptors (Lipinski definition) is 6. The van der Waals surface area contributed by atoms with Crippen molar-refractivity contribution in [3.63, 3.8) is 0 Å². The monoisotopic (exact) mass is 282 g/mol. The summed E-state index contributed by atoms with van der Waals surface area (Å²) in [7, 11) is 0. The highest BCUT2D eigenvalue weighted by atomic mass is 16.3. The number of benzene rings is 1. The van der Waals surface area contributed by atoms with Gasteiger partial charge in [0.2, 0.25) is 0 Å². The van der Waals surface area contributed by atoms with Gasteiger partial charge in [-0.15, -0.1) is 0 Å². The van der Waals surface area contributed by atoms with Gasteiger partial charge in [-0.05, 0) is 25.0 Å². The fourth-order valence-electron chi connectivity index (χ4n) is 1.51. The summed E-state index contributed by atoms with van der Waals surface area (Å²) in [4.78, 5) is 32.5. The van der Waals surface area contributed by atoms with E-state index in [1.54, 1.807) is 24.3 Å². The van der Waals surface area contributed by atoms with Crippen molar-refractivity contribution in [3.8, 4) is 5.75 Å². The Morgan fingerprint density at radius 1 is 0.850 bits per heavy atom. The summed E-state index contributed by atoms with van der Waals surface area (Å²) in [6.07, 6.45) is 6.42. The molecule has 1 saturated carbocycles. The van der Waals surface area contributed by atoms with Crippen LogP contribution in [-0.4, -0.2) is 28.6 Å². The molecule has 6 nitrogen and oxygen atoms in total. The predicted octanol–water partition coefficient (Wildman–Crippen LogP) is 1.54. The number of para-hydroxylation sites is 1. The van der Waals surface area contributed by atoms with E-state index in [1.807, 2.05) is 6.07 Å². The number of aliphatic hydroxyl groups is 1. The number of hydrogen-bond donors (Lipinski definition) is 2. The average Bonchev–Trinajstić information content (AvgIpc) is 2.43. The zero-order valence-corrected chi connectivity index (χ0v) is 11.0. The Labute approximate surface area is 117 Å². The van der Waals surface area contributed by atoms with Crippen LogP contribution in [0.3, 0.4) is 0 Å². The lowest BCUT2D eigenvalue weighted by Gasteiger charge is -2.14. The van der Waals surface area contributed by atoms with Gasteiger partial charge in [0.1, 0.15) is 5.75 Å². The molecule has 0 atom stereocenters. The topological polar surface area (TPSA) is 109 Å². The molecule has 110 valence electrons. The minimum atomic E-state index is 0.0359. The fourth-order valence-corrected chi connectivity index (χ4v) is 1.51. The molecule has 0 aromatic heterocycles. The first-order chi connectivity index (χ1) is 9.62. The maximum Gasteiger partial charge on any atom is 0.373 e. The fraction of sp³-hybridized carbons (Fsp3) is 0.429. The third kappa shape index (κ3) is 18.1. The van der Waals surface area contributed by atoms with Crippen molar-refractivity contribution < 1.29 is 29.4 Å². The molecule has 0 amide bonds. The van der Waals surface area contributed by atoms with E-state index >= 15 is 0 Å². The first-order valence-corrected chi connectivity index (χ1v) is 6.03. The summed E-state index contributed by atoms with van der Waals surface area (Å²) < 4.78 is 0. The van der Waals surface area contributed by atoms with E-state index < -0.39 is 0 Å². The lowest BCUT2D eigenvalue weighted by molar-refractivity contribution is -0.193. The highest BCUT2D eigenvalue weighted by Crippen LogP contribution is 2.16. The van der Waals surface area contributed by atoms with Crippen molar-refractivity contribution in [2.75, 3.05) is 0 Å². The molecule has 2 rings (SSSR count). The number of aliphatic hydroxyl groups excluding tert-OH is 1. The molecule has 0 saturated heterocycles. The molecule has 1 aliphatic rings. The second kappa shape index (κ2) is 16.7. The van der Waals surface area contributed by atoms with Gasteiger partial charge in [-0.1, -0.05) is 37.5 Å². The smallest absolute Gasteiger partial charge is 0.373 e. The average molecular weight is 282 g/mol. The van der Waals surface area contributed by atoms with Crippen LogP contribution in [0.2, 0.25) is 0 Å². The van der Waals surface area contributed by atoms with Gasteiger partial charge in [-0.25, -0.2) is 0 Å². The molecule has 0 radical (unpaired) electrons. The van der Waals surface area contributed by atoms with Crippen molar-refractivity contribution in [1.29, 1.82) is 0 Å². The molecule has 1 aliphatic carbocycles. The highest BCUT2D eigenvalue weighted by Gasteiger charge is 2.07. The molecule has 0 heterocycles. The zero-order chi connectivity index (χ0) is 15.6. The molecular formula is C14H18O6. The van der Waals surface area contributed by atoms with Gasteiger partial charge in [-0.2, -0.15) is 19.2 Å². The molecule has 20 heavy (non-hydrogen) atoms. The summed E-state index contributed by atoms with van der Waals surface area (Å²) in [5.74, 6) is 0.322. The third-order valence-electron chi connectivity index (χ3n) is 2.33. The lowest BCUT2D eigenvalue weighted by atomic mass is 9.98. The van der Waals surface area contributed by atoms with E-state index in [0.29, 0.717) is 5.75 Å². The molecule has 1 aromatic carbocycles. The number of phenols is 1. The van der Waals surface area contributed by atoms with Gasteiger partial charge in [0.15, 0.2) is 0 Å². The second-order valence-corrected chi connectivity index (χ2v) is 3.79. The van der Waals surface area contributed by atoms with Crippen LogP contribution in [0, 0.1) is 0 Å². The predicted molar refractivity (Wildman–Crippen MR) is 67.2 cm³/mol. The van der Waals surface area contributed by atoms with E-state index in [-0.39, 0.29) is 18.4 Å². The molecule has 0 unspecified atom stereocenters. The van der Waals surface area contributed by atoms with Gasteiger partial charge in [0.25, 0.3) is 0 Å². The lowest BCUT2D eigenvalue weighted by Crippen LogP contribution is -2.09. The van der Waals surface area contributed by atoms with Crippen molar-refractivity contribution in [3.05, 3.63) is 30.3 Å². The van der Waals surface area contributed by atoms with Crippen LogP contribution in [0.4, 0.5) is 0 Å². The Bertz CT molecular complexity index is 360. The highest BCUT2D eigenvalue weighted by molar-refractivity contribution is 5.20. The standard InChI is InChI=1S/C6H12O.C6H6O.2CO2/c2*7-6-4-2-1-3-5-6;2*2-1-3/h6-7H,1-5H2;1-5,7H;;. The summed E-state index contributed by atoms with van der Waals surface area (Å²) in [5.41, 5.74) is 0. The number of carbonyl (C=O) groups excluding carboxylic acids is 4. The maximum absolute atomic E-state index is 8.91. The largest absolute Gasteiger partial charge is 0.508 e. The summed E-state index contributed by atoms with van der Waals surface area (Å²) in [5, 5.41) is 17.5. The van der Waals surface area contributed by atoms with Gasteiger partial charge < -0.3 is 10.2 Å². The minimum absolute atomic E-state index is 0.0359. The van der Waals surface area contributed by atoms with Gasteiger partial charge in [0.05, 0.1) is 6.10 Å². The molecule has 6 heteroatoms. The van der Waals surface area contributed by atoms with Crippen LogP contribution in [0.5, 0.6) is 5.75 Å². The number of aromatic hydroxyl groups is 1. The number of rotatable bonds is 0. The molecule has 0 spiro atoms. The van der Waals surface area contributed by atoms with E-state index in [9.17, 15) is 0 Å². The summed E-state index contributed by atoms with van der Waals surface area (Å²) in [6, 6.07) is 8.71. The van der Waals surface area contributed by atoms with Gasteiger partial charge in [-0.3, -0.25) is 0 Å². The Kier molecular flexibility index (Phi) is 16.8. The molecular weight excluding hydrogens is 264 g/mol. The van der Waals surface area contributed by atoms with Crippen LogP contribution >= 0.6 is 0 Å². The van der Waals surface area contributed by atoms with Crippen LogP contribution in [-0.2, 0) is 19.2 Å². The summed E-state index contributed by atoms with van der Waals surface area (Å²) >= 11 is 0. The molecule has 1 aromatic rings. The summed E-state index contributed by atoms with van der Waals surface area (Å²) in [6.45, 7) is 0. The Hall–Kier alpha value is -2.26. The Balaban J connectivity index is 0. The zero-order valence-electron chi connectivity index (χ0n) is 11.0. The van der Waals surface area contributed by atoms with E-state index in [4.69, 9.17) is 29.4 Å². The maximum atomic E-state index is 8.91. The van der Waals surface area contributed by atoms with E-state index in [0.717, 1.165) is 12.8 Å². The van der Waals surface area contributed by atoms with Crippen LogP contribution in [0.1, 0.15) is 32.1 Å². The van der Waals surface area contributed by atoms with Gasteiger partial charge >= 0.3 is 12.3 Å². The van der Waals surface area contributed by atoms with Gasteiger partial charge in [0, 0.05) is 0 Å². The van der Waals surface area contributed by atoms with E-state index in [1.165, 1.54) is 19.3 Å².